The van der Waals surface area contributed by atoms with Crippen molar-refractivity contribution in [3.63, 3.8) is 0 Å². The minimum atomic E-state index is -4.94. The van der Waals surface area contributed by atoms with Crippen LogP contribution in [0.15, 0.2) is 53.7 Å². The van der Waals surface area contributed by atoms with E-state index in [9.17, 15) is 27.4 Å². The Bertz CT molecular complexity index is 1570. The first-order valence-electron chi connectivity index (χ1n) is 12.5. The van der Waals surface area contributed by atoms with Crippen LogP contribution in [0.25, 0.3) is 0 Å². The summed E-state index contributed by atoms with van der Waals surface area (Å²) >= 11 is 11.5. The van der Waals surface area contributed by atoms with Crippen LogP contribution in [0.5, 0.6) is 0 Å². The van der Waals surface area contributed by atoms with Crippen molar-refractivity contribution in [1.29, 1.82) is 0 Å². The van der Waals surface area contributed by atoms with Crippen LogP contribution < -0.4 is 10.8 Å². The van der Waals surface area contributed by atoms with E-state index in [-0.39, 0.29) is 12.3 Å². The van der Waals surface area contributed by atoms with Crippen LogP contribution in [0, 0.1) is 12.7 Å². The van der Waals surface area contributed by atoms with Crippen molar-refractivity contribution in [3.8, 4) is 0 Å². The number of halogens is 6. The summed E-state index contributed by atoms with van der Waals surface area (Å²) in [6, 6.07) is 11.6. The van der Waals surface area contributed by atoms with Crippen molar-refractivity contribution in [2.24, 2.45) is 5.16 Å². The molecule has 214 valence electrons. The third-order valence-corrected chi connectivity index (χ3v) is 7.88. The lowest BCUT2D eigenvalue weighted by molar-refractivity contribution is -0.275. The number of hydrogen-bond donors (Lipinski definition) is 2. The van der Waals surface area contributed by atoms with Crippen LogP contribution in [-0.4, -0.2) is 29.9 Å². The first-order chi connectivity index (χ1) is 19.1. The maximum atomic E-state index is 14.3. The van der Waals surface area contributed by atoms with E-state index in [0.29, 0.717) is 22.2 Å². The van der Waals surface area contributed by atoms with Crippen molar-refractivity contribution in [2.75, 3.05) is 0 Å². The van der Waals surface area contributed by atoms with Crippen molar-refractivity contribution in [3.05, 3.63) is 97.8 Å². The highest BCUT2D eigenvalue weighted by molar-refractivity contribution is 6.62. The van der Waals surface area contributed by atoms with E-state index in [0.717, 1.165) is 23.3 Å². The Morgan fingerprint density at radius 1 is 1.12 bits per heavy atom. The molecule has 0 saturated carbocycles. The molecule has 0 aromatic heterocycles. The Morgan fingerprint density at radius 2 is 1.80 bits per heavy atom. The molecule has 6 nitrogen and oxygen atoms in total. The van der Waals surface area contributed by atoms with Gasteiger partial charge in [0.1, 0.15) is 0 Å². The van der Waals surface area contributed by atoms with Crippen LogP contribution in [0.3, 0.4) is 0 Å². The lowest BCUT2D eigenvalue weighted by atomic mass is 9.77. The van der Waals surface area contributed by atoms with Gasteiger partial charge in [-0.25, -0.2) is 4.39 Å². The normalized spacial score (nSPS) is 19.6. The van der Waals surface area contributed by atoms with Gasteiger partial charge in [0.15, 0.2) is 5.82 Å². The Balaban J connectivity index is 1.32. The van der Waals surface area contributed by atoms with E-state index in [1.807, 2.05) is 26.0 Å². The average Bonchev–Trinajstić information content (AvgIpc) is 3.45. The van der Waals surface area contributed by atoms with Crippen molar-refractivity contribution < 1.29 is 36.9 Å². The number of hydrogen-bond acceptors (Lipinski definition) is 5. The van der Waals surface area contributed by atoms with Gasteiger partial charge in [-0.05, 0) is 72.8 Å². The predicted molar refractivity (Wildman–Crippen MR) is 147 cm³/mol. The first-order valence-corrected chi connectivity index (χ1v) is 13.2. The molecule has 0 radical (unpaired) electrons. The van der Waals surface area contributed by atoms with Gasteiger partial charge in [0.05, 0.1) is 21.4 Å². The maximum Gasteiger partial charge on any atom is 0.492 e. The van der Waals surface area contributed by atoms with Crippen molar-refractivity contribution >= 4 is 47.4 Å². The zero-order valence-electron chi connectivity index (χ0n) is 22.0. The predicted octanol–water partition coefficient (Wildman–Crippen LogP) is 5.91. The molecule has 41 heavy (non-hydrogen) atoms. The molecule has 0 saturated heterocycles. The molecule has 1 atom stereocenters. The van der Waals surface area contributed by atoms with Crippen LogP contribution in [0.1, 0.15) is 58.4 Å². The average molecular weight is 609 g/mol. The fourth-order valence-corrected chi connectivity index (χ4v) is 5.59. The third-order valence-electron chi connectivity index (χ3n) is 7.33. The summed E-state index contributed by atoms with van der Waals surface area (Å²) in [4.78, 5) is 17.9. The van der Waals surface area contributed by atoms with Gasteiger partial charge >= 0.3 is 13.3 Å². The first kappa shape index (κ1) is 29.4. The summed E-state index contributed by atoms with van der Waals surface area (Å²) in [5.74, 6) is -1.43. The smallest absolute Gasteiger partial charge is 0.423 e. The van der Waals surface area contributed by atoms with Gasteiger partial charge in [-0.2, -0.15) is 13.2 Å². The number of carbonyl (C=O) groups is 1. The number of benzene rings is 3. The lowest BCUT2D eigenvalue weighted by Gasteiger charge is -2.29. The Labute approximate surface area is 243 Å². The van der Waals surface area contributed by atoms with E-state index in [4.69, 9.17) is 32.7 Å². The van der Waals surface area contributed by atoms with E-state index in [1.165, 1.54) is 12.1 Å². The number of alkyl halides is 3. The lowest BCUT2D eigenvalue weighted by Crippen LogP contribution is -2.42. The molecule has 2 aliphatic rings. The number of nitrogens with one attached hydrogen (secondary N) is 1. The van der Waals surface area contributed by atoms with Crippen LogP contribution in [-0.2, 0) is 27.2 Å². The fourth-order valence-electron chi connectivity index (χ4n) is 5.10. The van der Waals surface area contributed by atoms with Gasteiger partial charge < -0.3 is 19.8 Å². The number of fused-ring (bicyclic) bond motifs is 1. The monoisotopic (exact) mass is 608 g/mol. The number of nitrogens with zero attached hydrogens (tertiary/aromatic N) is 1. The Kier molecular flexibility index (Phi) is 7.39. The molecule has 2 aliphatic heterocycles. The molecular formula is C28H23BCl2F4N2O4. The molecule has 3 aromatic carbocycles. The van der Waals surface area contributed by atoms with Gasteiger partial charge in [-0.15, -0.1) is 0 Å². The second-order valence-electron chi connectivity index (χ2n) is 10.5. The highest BCUT2D eigenvalue weighted by Gasteiger charge is 2.62. The van der Waals surface area contributed by atoms with Crippen molar-refractivity contribution in [1.82, 2.24) is 5.32 Å². The van der Waals surface area contributed by atoms with Gasteiger partial charge in [0, 0.05) is 24.1 Å². The SMILES string of the molecule is Cc1cc(C2=NO[C@@](c3cc(Cl)c(F)c(Cl)c3)(C(F)(F)F)C2)ccc1C(=O)NCc1ccc2c(c1)B(O)OC2(C)C. The number of carbonyl (C=O) groups excluding carboxylic acids is 1. The van der Waals surface area contributed by atoms with E-state index in [1.54, 1.807) is 19.1 Å². The summed E-state index contributed by atoms with van der Waals surface area (Å²) < 4.78 is 62.4. The zero-order chi connectivity index (χ0) is 29.9. The van der Waals surface area contributed by atoms with Crippen LogP contribution >= 0.6 is 23.2 Å². The molecule has 2 N–H and O–H groups in total. The maximum absolute atomic E-state index is 14.3. The topological polar surface area (TPSA) is 80.2 Å². The van der Waals surface area contributed by atoms with E-state index < -0.39 is 58.3 Å². The number of amides is 1. The highest BCUT2D eigenvalue weighted by atomic mass is 35.5. The molecule has 3 aromatic rings. The second-order valence-corrected chi connectivity index (χ2v) is 11.3. The molecule has 1 amide bonds. The summed E-state index contributed by atoms with van der Waals surface area (Å²) in [6.07, 6.45) is -5.66. The van der Waals surface area contributed by atoms with Gasteiger partial charge in [-0.1, -0.05) is 52.6 Å². The summed E-state index contributed by atoms with van der Waals surface area (Å²) in [5, 5.41) is 15.6. The summed E-state index contributed by atoms with van der Waals surface area (Å²) in [7, 11) is -1.05. The van der Waals surface area contributed by atoms with Crippen LogP contribution in [0.4, 0.5) is 17.6 Å². The molecule has 0 aliphatic carbocycles. The second kappa shape index (κ2) is 10.3. The summed E-state index contributed by atoms with van der Waals surface area (Å²) in [6.45, 7) is 5.54. The third kappa shape index (κ3) is 5.20. The quantitative estimate of drug-likeness (QED) is 0.215. The van der Waals surface area contributed by atoms with Gasteiger partial charge in [0.25, 0.3) is 11.5 Å². The molecule has 0 unspecified atom stereocenters. The Morgan fingerprint density at radius 3 is 2.44 bits per heavy atom. The Hall–Kier alpha value is -3.12. The fraction of sp³-hybridized carbons (Fsp3) is 0.286. The molecular weight excluding hydrogens is 586 g/mol. The highest BCUT2D eigenvalue weighted by Crippen LogP contribution is 2.50. The molecule has 13 heteroatoms. The van der Waals surface area contributed by atoms with Crippen LogP contribution in [0.2, 0.25) is 10.0 Å². The molecule has 0 spiro atoms. The van der Waals surface area contributed by atoms with E-state index >= 15 is 0 Å². The number of rotatable bonds is 5. The minimum absolute atomic E-state index is 0.0178. The minimum Gasteiger partial charge on any atom is -0.423 e. The molecule has 0 bridgehead atoms. The number of aryl methyl sites for hydroxylation is 1. The summed E-state index contributed by atoms with van der Waals surface area (Å²) in [5.41, 5.74) is -0.642. The van der Waals surface area contributed by atoms with Crippen molar-refractivity contribution in [2.45, 2.75) is 51.1 Å². The van der Waals surface area contributed by atoms with E-state index in [2.05, 4.69) is 10.5 Å². The van der Waals surface area contributed by atoms with Gasteiger partial charge in [0.2, 0.25) is 0 Å². The molecule has 2 heterocycles. The molecule has 5 rings (SSSR count). The number of oxime groups is 1. The molecule has 0 fully saturated rings. The van der Waals surface area contributed by atoms with Gasteiger partial charge in [-0.3, -0.25) is 4.79 Å². The zero-order valence-corrected chi connectivity index (χ0v) is 23.5. The standard InChI is InChI=1S/C28H23BCl2F4N2O4/c1-14-8-16(23-12-27(41-37-23,28(33,34)35)17-10-21(30)24(32)22(31)11-17)5-6-18(14)25(38)36-13-15-4-7-19-20(9-15)29(39)40-26(19,2)3/h4-11,39H,12-13H2,1-3H3,(H,36,38)/t27-/m0/s1. The largest absolute Gasteiger partial charge is 0.492 e.